The Kier molecular flexibility index (Phi) is 4.97. The lowest BCUT2D eigenvalue weighted by molar-refractivity contribution is 0.299. The zero-order chi connectivity index (χ0) is 10.2. The normalized spacial score (nSPS) is 11.0. The van der Waals surface area contributed by atoms with E-state index in [0.717, 1.165) is 12.8 Å². The quantitative estimate of drug-likeness (QED) is 0.742. The highest BCUT2D eigenvalue weighted by Gasteiger charge is 1.90. The molecular weight excluding hydrogens is 174 g/mol. The third-order valence-corrected chi connectivity index (χ3v) is 2.02. The van der Waals surface area contributed by atoms with E-state index in [0.29, 0.717) is 6.54 Å². The number of aliphatic hydroxyl groups is 1. The molecule has 0 aliphatic heterocycles. The highest BCUT2D eigenvalue weighted by molar-refractivity contribution is 5.49. The van der Waals surface area contributed by atoms with E-state index in [1.807, 2.05) is 12.1 Å². The van der Waals surface area contributed by atoms with E-state index in [-0.39, 0.29) is 6.61 Å². The molecule has 0 radical (unpaired) electrons. The Balaban J connectivity index is 2.54. The van der Waals surface area contributed by atoms with Crippen LogP contribution in [0.2, 0.25) is 0 Å². The number of rotatable bonds is 5. The van der Waals surface area contributed by atoms with Gasteiger partial charge in [-0.3, -0.25) is 0 Å². The van der Waals surface area contributed by atoms with E-state index in [4.69, 9.17) is 10.8 Å². The summed E-state index contributed by atoms with van der Waals surface area (Å²) in [5, 5.41) is 8.73. The second-order valence-electron chi connectivity index (χ2n) is 3.19. The van der Waals surface area contributed by atoms with Gasteiger partial charge in [0.15, 0.2) is 0 Å². The smallest absolute Gasteiger partial charge is 0.0471 e. The predicted molar refractivity (Wildman–Crippen MR) is 59.9 cm³/mol. The highest BCUT2D eigenvalue weighted by atomic mass is 16.2. The van der Waals surface area contributed by atoms with Crippen molar-refractivity contribution in [3.8, 4) is 0 Å². The first-order chi connectivity index (χ1) is 6.86. The Bertz CT molecular complexity index is 277. The van der Waals surface area contributed by atoms with Crippen LogP contribution in [-0.4, -0.2) is 18.3 Å². The monoisotopic (exact) mass is 191 g/mol. The molecule has 0 aliphatic rings. The summed E-state index contributed by atoms with van der Waals surface area (Å²) in [6.07, 6.45) is 5.78. The van der Waals surface area contributed by atoms with Crippen molar-refractivity contribution < 1.29 is 5.11 Å². The predicted octanol–water partition coefficient (Wildman–Crippen LogP) is 1.58. The molecule has 0 spiro atoms. The summed E-state index contributed by atoms with van der Waals surface area (Å²) in [5.41, 5.74) is 7.73. The van der Waals surface area contributed by atoms with Crippen LogP contribution in [-0.2, 0) is 6.42 Å². The summed E-state index contributed by atoms with van der Waals surface area (Å²) in [6, 6.07) is 8.19. The molecule has 1 aromatic carbocycles. The van der Waals surface area contributed by atoms with Crippen molar-refractivity contribution in [3.63, 3.8) is 0 Å². The Morgan fingerprint density at radius 2 is 1.93 bits per heavy atom. The minimum Gasteiger partial charge on any atom is -0.396 e. The van der Waals surface area contributed by atoms with E-state index in [1.54, 1.807) is 0 Å². The van der Waals surface area contributed by atoms with Crippen LogP contribution in [0.5, 0.6) is 0 Å². The van der Waals surface area contributed by atoms with Crippen LogP contribution in [0, 0.1) is 0 Å². The molecule has 76 valence electrons. The molecule has 3 N–H and O–H groups in total. The molecule has 0 aromatic heterocycles. The molecule has 2 heteroatoms. The van der Waals surface area contributed by atoms with Crippen LogP contribution in [0.25, 0.3) is 6.08 Å². The van der Waals surface area contributed by atoms with Crippen molar-refractivity contribution in [3.05, 3.63) is 41.5 Å². The fourth-order valence-corrected chi connectivity index (χ4v) is 1.24. The Hall–Kier alpha value is -1.12. The van der Waals surface area contributed by atoms with Gasteiger partial charge in [-0.05, 0) is 30.5 Å². The molecule has 0 saturated heterocycles. The number of nitrogens with two attached hydrogens (primary N) is 1. The van der Waals surface area contributed by atoms with E-state index in [2.05, 4.69) is 24.3 Å². The van der Waals surface area contributed by atoms with Crippen LogP contribution in [0.4, 0.5) is 0 Å². The van der Waals surface area contributed by atoms with Crippen molar-refractivity contribution in [1.29, 1.82) is 0 Å². The molecule has 0 fully saturated rings. The molecule has 0 heterocycles. The van der Waals surface area contributed by atoms with Gasteiger partial charge in [-0.1, -0.05) is 36.4 Å². The molecule has 0 bridgehead atoms. The van der Waals surface area contributed by atoms with Gasteiger partial charge in [0, 0.05) is 6.61 Å². The number of aliphatic hydroxyl groups excluding tert-OH is 1. The number of benzene rings is 1. The van der Waals surface area contributed by atoms with Gasteiger partial charge < -0.3 is 10.8 Å². The molecular formula is C12H17NO. The van der Waals surface area contributed by atoms with Crippen LogP contribution < -0.4 is 5.73 Å². The van der Waals surface area contributed by atoms with Gasteiger partial charge in [0.25, 0.3) is 0 Å². The minimum absolute atomic E-state index is 0.211. The van der Waals surface area contributed by atoms with Gasteiger partial charge in [-0.25, -0.2) is 0 Å². The van der Waals surface area contributed by atoms with Crippen molar-refractivity contribution in [2.24, 2.45) is 5.73 Å². The molecule has 0 unspecified atom stereocenters. The Labute approximate surface area is 85.1 Å². The van der Waals surface area contributed by atoms with Gasteiger partial charge >= 0.3 is 0 Å². The Morgan fingerprint density at radius 3 is 2.50 bits per heavy atom. The molecule has 1 rings (SSSR count). The standard InChI is InChI=1S/C12H17NO/c13-9-2-1-3-11-4-6-12(7-5-11)8-10-14/h1,3-7,14H,2,8-10,13H2. The largest absolute Gasteiger partial charge is 0.396 e. The fraction of sp³-hybridized carbons (Fsp3) is 0.333. The van der Waals surface area contributed by atoms with Crippen LogP contribution in [0.15, 0.2) is 30.3 Å². The van der Waals surface area contributed by atoms with E-state index >= 15 is 0 Å². The fourth-order valence-electron chi connectivity index (χ4n) is 1.24. The molecule has 14 heavy (non-hydrogen) atoms. The lowest BCUT2D eigenvalue weighted by atomic mass is 10.1. The van der Waals surface area contributed by atoms with E-state index in [9.17, 15) is 0 Å². The topological polar surface area (TPSA) is 46.2 Å². The van der Waals surface area contributed by atoms with Crippen molar-refractivity contribution in [1.82, 2.24) is 0 Å². The minimum atomic E-state index is 0.211. The first-order valence-electron chi connectivity index (χ1n) is 4.93. The SMILES string of the molecule is NCCC=Cc1ccc(CCO)cc1. The Morgan fingerprint density at radius 1 is 1.21 bits per heavy atom. The van der Waals surface area contributed by atoms with Gasteiger partial charge in [0.2, 0.25) is 0 Å². The summed E-state index contributed by atoms with van der Waals surface area (Å²) < 4.78 is 0. The lowest BCUT2D eigenvalue weighted by Crippen LogP contribution is -1.95. The molecule has 0 amide bonds. The third-order valence-electron chi connectivity index (χ3n) is 2.02. The van der Waals surface area contributed by atoms with E-state index < -0.39 is 0 Å². The number of hydrogen-bond acceptors (Lipinski definition) is 2. The van der Waals surface area contributed by atoms with Gasteiger partial charge in [-0.15, -0.1) is 0 Å². The maximum atomic E-state index is 8.73. The maximum Gasteiger partial charge on any atom is 0.0471 e. The number of hydrogen-bond donors (Lipinski definition) is 2. The summed E-state index contributed by atoms with van der Waals surface area (Å²) in [7, 11) is 0. The zero-order valence-corrected chi connectivity index (χ0v) is 8.32. The maximum absolute atomic E-state index is 8.73. The lowest BCUT2D eigenvalue weighted by Gasteiger charge is -1.98. The average Bonchev–Trinajstić information content (AvgIpc) is 2.21. The van der Waals surface area contributed by atoms with Crippen molar-refractivity contribution >= 4 is 6.08 Å². The van der Waals surface area contributed by atoms with Crippen molar-refractivity contribution in [2.45, 2.75) is 12.8 Å². The first kappa shape index (κ1) is 11.0. The van der Waals surface area contributed by atoms with Crippen LogP contribution >= 0.6 is 0 Å². The molecule has 0 saturated carbocycles. The molecule has 0 aliphatic carbocycles. The summed E-state index contributed by atoms with van der Waals surface area (Å²) in [5.74, 6) is 0. The summed E-state index contributed by atoms with van der Waals surface area (Å²) in [4.78, 5) is 0. The zero-order valence-electron chi connectivity index (χ0n) is 8.32. The van der Waals surface area contributed by atoms with Crippen molar-refractivity contribution in [2.75, 3.05) is 13.2 Å². The average molecular weight is 191 g/mol. The first-order valence-corrected chi connectivity index (χ1v) is 4.93. The summed E-state index contributed by atoms with van der Waals surface area (Å²) >= 11 is 0. The molecule has 0 atom stereocenters. The third kappa shape index (κ3) is 3.73. The second kappa shape index (κ2) is 6.35. The van der Waals surface area contributed by atoms with Crippen LogP contribution in [0.1, 0.15) is 17.5 Å². The highest BCUT2D eigenvalue weighted by Crippen LogP contribution is 2.06. The molecule has 1 aromatic rings. The van der Waals surface area contributed by atoms with Crippen LogP contribution in [0.3, 0.4) is 0 Å². The van der Waals surface area contributed by atoms with Gasteiger partial charge in [0.1, 0.15) is 0 Å². The van der Waals surface area contributed by atoms with Gasteiger partial charge in [0.05, 0.1) is 0 Å². The second-order valence-corrected chi connectivity index (χ2v) is 3.19. The van der Waals surface area contributed by atoms with E-state index in [1.165, 1.54) is 11.1 Å². The van der Waals surface area contributed by atoms with Gasteiger partial charge in [-0.2, -0.15) is 0 Å². The molecule has 2 nitrogen and oxygen atoms in total. The summed E-state index contributed by atoms with van der Waals surface area (Å²) in [6.45, 7) is 0.904.